The molecule has 2 rings (SSSR count). The minimum absolute atomic E-state index is 0.0295. The van der Waals surface area contributed by atoms with Crippen molar-refractivity contribution in [2.45, 2.75) is 13.1 Å². The number of anilines is 2. The van der Waals surface area contributed by atoms with E-state index in [4.69, 9.17) is 16.3 Å². The number of amides is 2. The van der Waals surface area contributed by atoms with Crippen LogP contribution < -0.4 is 15.0 Å². The number of halogens is 4. The second kappa shape index (κ2) is 10.5. The first-order valence-electron chi connectivity index (χ1n) is 9.29. The summed E-state index contributed by atoms with van der Waals surface area (Å²) in [6, 6.07) is 9.34. The molecule has 1 N–H and O–H groups in total. The van der Waals surface area contributed by atoms with Crippen LogP contribution in [0.25, 0.3) is 0 Å². The summed E-state index contributed by atoms with van der Waals surface area (Å²) in [5, 5.41) is 2.37. The first-order valence-corrected chi connectivity index (χ1v) is 9.67. The number of hydrogen-bond donors (Lipinski definition) is 1. The van der Waals surface area contributed by atoms with Crippen LogP contribution in [0.3, 0.4) is 0 Å². The van der Waals surface area contributed by atoms with Gasteiger partial charge in [-0.05, 0) is 56.6 Å². The molecular formula is C21H23ClF3N3O3. The summed E-state index contributed by atoms with van der Waals surface area (Å²) in [5.41, 5.74) is 0.270. The van der Waals surface area contributed by atoms with Crippen LogP contribution in [0.15, 0.2) is 42.5 Å². The largest absolute Gasteiger partial charge is 0.482 e. The number of carbonyl (C=O) groups excluding carboxylic acids is 2. The quantitative estimate of drug-likeness (QED) is 0.642. The second-order valence-corrected chi connectivity index (χ2v) is 7.41. The van der Waals surface area contributed by atoms with E-state index in [-0.39, 0.29) is 16.7 Å². The Morgan fingerprint density at radius 3 is 2.23 bits per heavy atom. The normalized spacial score (nSPS) is 11.4. The minimum Gasteiger partial charge on any atom is -0.482 e. The maximum Gasteiger partial charge on any atom is 0.416 e. The molecule has 0 aliphatic carbocycles. The molecule has 2 aromatic carbocycles. The van der Waals surface area contributed by atoms with Crippen LogP contribution in [0.1, 0.15) is 12.5 Å². The van der Waals surface area contributed by atoms with Gasteiger partial charge in [0.25, 0.3) is 5.91 Å². The van der Waals surface area contributed by atoms with Gasteiger partial charge in [0.1, 0.15) is 5.75 Å². The molecule has 0 spiro atoms. The van der Waals surface area contributed by atoms with Gasteiger partial charge in [0, 0.05) is 31.4 Å². The third kappa shape index (κ3) is 7.45. The predicted octanol–water partition coefficient (Wildman–Crippen LogP) is 4.29. The van der Waals surface area contributed by atoms with Crippen LogP contribution in [0.2, 0.25) is 5.02 Å². The lowest BCUT2D eigenvalue weighted by atomic mass is 10.2. The Hall–Kier alpha value is -2.78. The standard InChI is InChI=1S/C21H23ClF3N3O3/c1-14(29)28(11-10-27(2)3)17-7-5-16(6-8-17)26-20(30)13-31-19-9-4-15(12-18(19)22)21(23,24)25/h4-9,12H,10-11,13H2,1-3H3,(H,26,30). The summed E-state index contributed by atoms with van der Waals surface area (Å²) < 4.78 is 43.2. The third-order valence-corrected chi connectivity index (χ3v) is 4.53. The van der Waals surface area contributed by atoms with E-state index in [1.807, 2.05) is 19.0 Å². The first-order chi connectivity index (χ1) is 14.5. The molecule has 2 amide bonds. The summed E-state index contributed by atoms with van der Waals surface area (Å²) in [4.78, 5) is 27.6. The van der Waals surface area contributed by atoms with E-state index in [9.17, 15) is 22.8 Å². The van der Waals surface area contributed by atoms with Gasteiger partial charge in [-0.3, -0.25) is 9.59 Å². The van der Waals surface area contributed by atoms with Crippen molar-refractivity contribution in [3.8, 4) is 5.75 Å². The molecule has 168 valence electrons. The van der Waals surface area contributed by atoms with E-state index in [0.29, 0.717) is 24.5 Å². The van der Waals surface area contributed by atoms with Crippen LogP contribution >= 0.6 is 11.6 Å². The molecule has 6 nitrogen and oxygen atoms in total. The molecular weight excluding hydrogens is 435 g/mol. The van der Waals surface area contributed by atoms with Crippen molar-refractivity contribution in [3.63, 3.8) is 0 Å². The van der Waals surface area contributed by atoms with Crippen LogP contribution in [-0.4, -0.2) is 50.5 Å². The van der Waals surface area contributed by atoms with Gasteiger partial charge in [-0.2, -0.15) is 13.2 Å². The summed E-state index contributed by atoms with van der Waals surface area (Å²) in [5.74, 6) is -0.640. The van der Waals surface area contributed by atoms with Gasteiger partial charge in [0.15, 0.2) is 6.61 Å². The number of likely N-dealkylation sites (N-methyl/N-ethyl adjacent to an activating group) is 1. The van der Waals surface area contributed by atoms with Gasteiger partial charge in [-0.25, -0.2) is 0 Å². The molecule has 0 bridgehead atoms. The van der Waals surface area contributed by atoms with E-state index in [1.54, 1.807) is 29.2 Å². The average Bonchev–Trinajstić information content (AvgIpc) is 2.67. The summed E-state index contributed by atoms with van der Waals surface area (Å²) in [7, 11) is 3.83. The Labute approximate surface area is 183 Å². The number of rotatable bonds is 8. The molecule has 0 unspecified atom stereocenters. The second-order valence-electron chi connectivity index (χ2n) is 7.00. The monoisotopic (exact) mass is 457 g/mol. The Morgan fingerprint density at radius 1 is 1.06 bits per heavy atom. The van der Waals surface area contributed by atoms with Crippen molar-refractivity contribution >= 4 is 34.8 Å². The molecule has 0 radical (unpaired) electrons. The van der Waals surface area contributed by atoms with Gasteiger partial charge < -0.3 is 19.9 Å². The van der Waals surface area contributed by atoms with Crippen molar-refractivity contribution < 1.29 is 27.5 Å². The highest BCUT2D eigenvalue weighted by molar-refractivity contribution is 6.32. The summed E-state index contributed by atoms with van der Waals surface area (Å²) in [6.07, 6.45) is -4.52. The number of hydrogen-bond acceptors (Lipinski definition) is 4. The maximum atomic E-state index is 12.7. The molecule has 0 aromatic heterocycles. The zero-order valence-electron chi connectivity index (χ0n) is 17.3. The molecule has 0 saturated carbocycles. The number of carbonyl (C=O) groups is 2. The van der Waals surface area contributed by atoms with Gasteiger partial charge in [0.2, 0.25) is 5.91 Å². The van der Waals surface area contributed by atoms with E-state index in [0.717, 1.165) is 18.2 Å². The smallest absolute Gasteiger partial charge is 0.416 e. The molecule has 31 heavy (non-hydrogen) atoms. The molecule has 2 aromatic rings. The molecule has 0 saturated heterocycles. The van der Waals surface area contributed by atoms with Gasteiger partial charge >= 0.3 is 6.18 Å². The van der Waals surface area contributed by atoms with Crippen LogP contribution in [0.4, 0.5) is 24.5 Å². The molecule has 0 heterocycles. The number of ether oxygens (including phenoxy) is 1. The fraction of sp³-hybridized carbons (Fsp3) is 0.333. The molecule has 0 aliphatic rings. The Bertz CT molecular complexity index is 918. The SMILES string of the molecule is CC(=O)N(CCN(C)C)c1ccc(NC(=O)COc2ccc(C(F)(F)F)cc2Cl)cc1. The lowest BCUT2D eigenvalue weighted by Crippen LogP contribution is -2.35. The number of alkyl halides is 3. The minimum atomic E-state index is -4.52. The topological polar surface area (TPSA) is 61.9 Å². The highest BCUT2D eigenvalue weighted by Gasteiger charge is 2.31. The predicted molar refractivity (Wildman–Crippen MR) is 114 cm³/mol. The van der Waals surface area contributed by atoms with Crippen LogP contribution in [-0.2, 0) is 15.8 Å². The number of nitrogens with one attached hydrogen (secondary N) is 1. The molecule has 0 fully saturated rings. The molecule has 0 aliphatic heterocycles. The van der Waals surface area contributed by atoms with Crippen molar-refractivity contribution in [1.29, 1.82) is 0 Å². The van der Waals surface area contributed by atoms with Crippen molar-refractivity contribution in [2.75, 3.05) is 44.0 Å². The third-order valence-electron chi connectivity index (χ3n) is 4.23. The first kappa shape index (κ1) is 24.5. The Kier molecular flexibility index (Phi) is 8.29. The van der Waals surface area contributed by atoms with E-state index < -0.39 is 24.3 Å². The lowest BCUT2D eigenvalue weighted by molar-refractivity contribution is -0.137. The fourth-order valence-electron chi connectivity index (χ4n) is 2.63. The van der Waals surface area contributed by atoms with Gasteiger partial charge in [-0.1, -0.05) is 11.6 Å². The number of nitrogens with zero attached hydrogens (tertiary/aromatic N) is 2. The summed E-state index contributed by atoms with van der Waals surface area (Å²) in [6.45, 7) is 2.27. The fourth-order valence-corrected chi connectivity index (χ4v) is 2.86. The van der Waals surface area contributed by atoms with Crippen LogP contribution in [0, 0.1) is 0 Å². The Morgan fingerprint density at radius 2 is 1.71 bits per heavy atom. The zero-order valence-corrected chi connectivity index (χ0v) is 18.0. The van der Waals surface area contributed by atoms with Gasteiger partial charge in [0.05, 0.1) is 10.6 Å². The van der Waals surface area contributed by atoms with Gasteiger partial charge in [-0.15, -0.1) is 0 Å². The van der Waals surface area contributed by atoms with Crippen molar-refractivity contribution in [3.05, 3.63) is 53.1 Å². The van der Waals surface area contributed by atoms with E-state index in [1.165, 1.54) is 6.92 Å². The van der Waals surface area contributed by atoms with E-state index >= 15 is 0 Å². The maximum absolute atomic E-state index is 12.7. The highest BCUT2D eigenvalue weighted by atomic mass is 35.5. The average molecular weight is 458 g/mol. The lowest BCUT2D eigenvalue weighted by Gasteiger charge is -2.23. The molecule has 10 heteroatoms. The van der Waals surface area contributed by atoms with Crippen molar-refractivity contribution in [2.24, 2.45) is 0 Å². The van der Waals surface area contributed by atoms with E-state index in [2.05, 4.69) is 5.32 Å². The highest BCUT2D eigenvalue weighted by Crippen LogP contribution is 2.34. The number of benzene rings is 2. The van der Waals surface area contributed by atoms with Crippen LogP contribution in [0.5, 0.6) is 5.75 Å². The molecule has 0 atom stereocenters. The van der Waals surface area contributed by atoms with Crippen molar-refractivity contribution in [1.82, 2.24) is 4.90 Å². The summed E-state index contributed by atoms with van der Waals surface area (Å²) >= 11 is 5.80. The Balaban J connectivity index is 1.95. The zero-order chi connectivity index (χ0) is 23.2.